The van der Waals surface area contributed by atoms with Gasteiger partial charge in [-0.05, 0) is 23.8 Å². The van der Waals surface area contributed by atoms with Gasteiger partial charge in [-0.15, -0.1) is 11.8 Å². The zero-order valence-corrected chi connectivity index (χ0v) is 18.9. The Morgan fingerprint density at radius 1 is 0.970 bits per heavy atom. The van der Waals surface area contributed by atoms with Crippen LogP contribution in [0.1, 0.15) is 11.1 Å². The Labute approximate surface area is 194 Å². The van der Waals surface area contributed by atoms with Gasteiger partial charge < -0.3 is 14.4 Å². The summed E-state index contributed by atoms with van der Waals surface area (Å²) in [5.74, 6) is 0.465. The van der Waals surface area contributed by atoms with Crippen LogP contribution in [0.5, 0.6) is 11.5 Å². The number of anilines is 2. The third-order valence-electron chi connectivity index (χ3n) is 5.91. The summed E-state index contributed by atoms with van der Waals surface area (Å²) in [6, 6.07) is 18.7. The number of amides is 2. The van der Waals surface area contributed by atoms with E-state index >= 15 is 0 Å². The summed E-state index contributed by atoms with van der Waals surface area (Å²) in [6.07, 6.45) is 0. The summed E-state index contributed by atoms with van der Waals surface area (Å²) in [5.41, 5.74) is 2.79. The molecule has 0 aliphatic carbocycles. The highest BCUT2D eigenvalue weighted by molar-refractivity contribution is 8.02. The molecule has 0 saturated carbocycles. The molecular weight excluding hydrogens is 443 g/mol. The maximum atomic E-state index is 14.1. The number of halogens is 1. The molecule has 2 aliphatic rings. The first-order valence-corrected chi connectivity index (χ1v) is 11.3. The predicted molar refractivity (Wildman–Crippen MR) is 125 cm³/mol. The van der Waals surface area contributed by atoms with E-state index in [1.807, 2.05) is 24.3 Å². The SMILES string of the molecule is COc1cc(OC)cc(N2C(=O)CS[C@]23C(=O)N(Cc2ccc(F)cc2)c2ccccc23)c1. The number of para-hydroxylation sites is 1. The van der Waals surface area contributed by atoms with Crippen LogP contribution in [-0.2, 0) is 21.0 Å². The number of thioether (sulfide) groups is 1. The molecule has 2 amide bonds. The molecular formula is C25H21FN2O4S. The first-order valence-electron chi connectivity index (χ1n) is 10.3. The number of methoxy groups -OCH3 is 2. The summed E-state index contributed by atoms with van der Waals surface area (Å²) in [4.78, 5) is 29.2. The highest BCUT2D eigenvalue weighted by Gasteiger charge is 2.61. The average Bonchev–Trinajstić information content (AvgIpc) is 3.31. The Kier molecular flexibility index (Phi) is 5.25. The van der Waals surface area contributed by atoms with Crippen LogP contribution in [0.25, 0.3) is 0 Å². The van der Waals surface area contributed by atoms with E-state index in [9.17, 15) is 14.0 Å². The van der Waals surface area contributed by atoms with E-state index in [1.165, 1.54) is 38.1 Å². The van der Waals surface area contributed by atoms with Crippen molar-refractivity contribution in [3.05, 3.63) is 83.7 Å². The van der Waals surface area contributed by atoms with E-state index in [2.05, 4.69) is 0 Å². The zero-order valence-electron chi connectivity index (χ0n) is 18.1. The standard InChI is InChI=1S/C25H21FN2O4S/c1-31-19-11-18(12-20(13-19)32-2)28-23(29)15-33-25(28)21-5-3-4-6-22(21)27(24(25)30)14-16-7-9-17(26)10-8-16/h3-13H,14-15H2,1-2H3/t25-/m1/s1. The van der Waals surface area contributed by atoms with Crippen molar-refractivity contribution >= 4 is 35.0 Å². The number of carbonyl (C=O) groups is 2. The van der Waals surface area contributed by atoms with Crippen molar-refractivity contribution in [2.24, 2.45) is 0 Å². The first kappa shape index (κ1) is 21.3. The number of benzene rings is 3. The molecule has 0 radical (unpaired) electrons. The third-order valence-corrected chi connectivity index (χ3v) is 7.30. The van der Waals surface area contributed by atoms with Crippen LogP contribution in [0.15, 0.2) is 66.7 Å². The number of hydrogen-bond donors (Lipinski definition) is 0. The van der Waals surface area contributed by atoms with Gasteiger partial charge in [0.1, 0.15) is 17.3 Å². The molecule has 5 rings (SSSR count). The van der Waals surface area contributed by atoms with Crippen molar-refractivity contribution in [3.63, 3.8) is 0 Å². The number of ether oxygens (including phenoxy) is 2. The van der Waals surface area contributed by atoms with Crippen molar-refractivity contribution in [1.29, 1.82) is 0 Å². The second-order valence-corrected chi connectivity index (χ2v) is 8.94. The van der Waals surface area contributed by atoms with Gasteiger partial charge in [0.05, 0.1) is 37.9 Å². The van der Waals surface area contributed by atoms with Crippen LogP contribution < -0.4 is 19.3 Å². The zero-order chi connectivity index (χ0) is 23.2. The molecule has 2 aliphatic heterocycles. The number of hydrogen-bond acceptors (Lipinski definition) is 5. The fourth-order valence-corrected chi connectivity index (χ4v) is 5.77. The van der Waals surface area contributed by atoms with Crippen LogP contribution in [0, 0.1) is 5.82 Å². The van der Waals surface area contributed by atoms with Crippen molar-refractivity contribution in [1.82, 2.24) is 0 Å². The minimum atomic E-state index is -1.24. The quantitative estimate of drug-likeness (QED) is 0.563. The number of carbonyl (C=O) groups excluding carboxylic acids is 2. The molecule has 0 aromatic heterocycles. The van der Waals surface area contributed by atoms with Gasteiger partial charge >= 0.3 is 0 Å². The largest absolute Gasteiger partial charge is 0.497 e. The van der Waals surface area contributed by atoms with Gasteiger partial charge in [0.25, 0.3) is 5.91 Å². The molecule has 6 nitrogen and oxygen atoms in total. The minimum Gasteiger partial charge on any atom is -0.497 e. The maximum Gasteiger partial charge on any atom is 0.269 e. The van der Waals surface area contributed by atoms with Crippen LogP contribution in [0.4, 0.5) is 15.8 Å². The molecule has 0 unspecified atom stereocenters. The Hall–Kier alpha value is -3.52. The van der Waals surface area contributed by atoms with Gasteiger partial charge in [-0.2, -0.15) is 0 Å². The summed E-state index contributed by atoms with van der Waals surface area (Å²) in [7, 11) is 3.07. The fraction of sp³-hybridized carbons (Fsp3) is 0.200. The van der Waals surface area contributed by atoms with Gasteiger partial charge in [-0.25, -0.2) is 4.39 Å². The monoisotopic (exact) mass is 464 g/mol. The highest BCUT2D eigenvalue weighted by atomic mass is 32.2. The second kappa shape index (κ2) is 8.12. The predicted octanol–water partition coefficient (Wildman–Crippen LogP) is 4.32. The van der Waals surface area contributed by atoms with E-state index in [-0.39, 0.29) is 29.9 Å². The summed E-state index contributed by atoms with van der Waals surface area (Å²) >= 11 is 1.30. The third kappa shape index (κ3) is 3.33. The van der Waals surface area contributed by atoms with E-state index in [0.29, 0.717) is 17.2 Å². The summed E-state index contributed by atoms with van der Waals surface area (Å²) in [6.45, 7) is 0.266. The van der Waals surface area contributed by atoms with Crippen molar-refractivity contribution < 1.29 is 23.5 Å². The lowest BCUT2D eigenvalue weighted by Gasteiger charge is -2.33. The van der Waals surface area contributed by atoms with E-state index in [4.69, 9.17) is 9.47 Å². The topological polar surface area (TPSA) is 59.1 Å². The maximum absolute atomic E-state index is 14.1. The Balaban J connectivity index is 1.64. The number of nitrogens with zero attached hydrogens (tertiary/aromatic N) is 2. The lowest BCUT2D eigenvalue weighted by molar-refractivity contribution is -0.123. The molecule has 1 fully saturated rings. The summed E-state index contributed by atoms with van der Waals surface area (Å²) in [5, 5.41) is 0. The molecule has 3 aromatic carbocycles. The Morgan fingerprint density at radius 2 is 1.64 bits per heavy atom. The number of rotatable bonds is 5. The van der Waals surface area contributed by atoms with Gasteiger partial charge in [0.2, 0.25) is 10.8 Å². The summed E-state index contributed by atoms with van der Waals surface area (Å²) < 4.78 is 24.2. The number of fused-ring (bicyclic) bond motifs is 2. The van der Waals surface area contributed by atoms with Crippen LogP contribution >= 0.6 is 11.8 Å². The first-order chi connectivity index (χ1) is 16.0. The fourth-order valence-electron chi connectivity index (χ4n) is 4.41. The smallest absolute Gasteiger partial charge is 0.269 e. The van der Waals surface area contributed by atoms with Gasteiger partial charge in [-0.1, -0.05) is 30.3 Å². The highest BCUT2D eigenvalue weighted by Crippen LogP contribution is 2.56. The minimum absolute atomic E-state index is 0.157. The van der Waals surface area contributed by atoms with Crippen LogP contribution in [0.2, 0.25) is 0 Å². The molecule has 8 heteroatoms. The molecule has 1 spiro atoms. The van der Waals surface area contributed by atoms with Gasteiger partial charge in [0, 0.05) is 23.8 Å². The molecule has 168 valence electrons. The Bertz CT molecular complexity index is 1230. The molecule has 2 heterocycles. The van der Waals surface area contributed by atoms with E-state index in [1.54, 1.807) is 40.1 Å². The molecule has 1 saturated heterocycles. The molecule has 1 atom stereocenters. The van der Waals surface area contributed by atoms with E-state index in [0.717, 1.165) is 16.8 Å². The lowest BCUT2D eigenvalue weighted by atomic mass is 10.0. The lowest BCUT2D eigenvalue weighted by Crippen LogP contribution is -2.49. The van der Waals surface area contributed by atoms with E-state index < -0.39 is 4.87 Å². The van der Waals surface area contributed by atoms with Gasteiger partial charge in [-0.3, -0.25) is 14.5 Å². The van der Waals surface area contributed by atoms with Crippen LogP contribution in [0.3, 0.4) is 0 Å². The molecule has 3 aromatic rings. The molecule has 0 bridgehead atoms. The van der Waals surface area contributed by atoms with Crippen molar-refractivity contribution in [2.45, 2.75) is 11.4 Å². The second-order valence-electron chi connectivity index (χ2n) is 7.77. The van der Waals surface area contributed by atoms with Crippen LogP contribution in [-0.4, -0.2) is 31.8 Å². The normalized spacial score (nSPS) is 19.4. The molecule has 0 N–H and O–H groups in total. The Morgan fingerprint density at radius 3 is 2.30 bits per heavy atom. The van der Waals surface area contributed by atoms with Crippen molar-refractivity contribution in [2.75, 3.05) is 29.8 Å². The molecule has 33 heavy (non-hydrogen) atoms. The van der Waals surface area contributed by atoms with Crippen molar-refractivity contribution in [3.8, 4) is 11.5 Å². The average molecular weight is 465 g/mol. The van der Waals surface area contributed by atoms with Gasteiger partial charge in [0.15, 0.2) is 0 Å².